The van der Waals surface area contributed by atoms with E-state index in [0.29, 0.717) is 11.8 Å². The highest BCUT2D eigenvalue weighted by Gasteiger charge is 2.35. The van der Waals surface area contributed by atoms with Gasteiger partial charge >= 0.3 is 0 Å². The predicted molar refractivity (Wildman–Crippen MR) is 120 cm³/mol. The maximum atomic E-state index is 12.7. The standard InChI is InChI=1S/C21H26N6O2S/c28-30(29)14-9-16-15-23-21(25-20(16)27(30)19-3-1-2-4-19)24-17-5-7-18(8-6-17)26-12-10-22-11-13-26/h5-9,14-15,19,22H,1-4,10-13H2,(H,23,24,25). The number of hydrogen-bond acceptors (Lipinski definition) is 7. The van der Waals surface area contributed by atoms with Gasteiger partial charge in [0, 0.05) is 55.4 Å². The monoisotopic (exact) mass is 426 g/mol. The summed E-state index contributed by atoms with van der Waals surface area (Å²) >= 11 is 0. The Hall–Kier alpha value is -2.65. The molecule has 1 saturated carbocycles. The number of anilines is 4. The largest absolute Gasteiger partial charge is 0.369 e. The Morgan fingerprint density at radius 2 is 1.80 bits per heavy atom. The Kier molecular flexibility index (Phi) is 5.08. The second kappa shape index (κ2) is 7.88. The molecule has 1 saturated heterocycles. The third-order valence-corrected chi connectivity index (χ3v) is 7.46. The average molecular weight is 427 g/mol. The highest BCUT2D eigenvalue weighted by molar-refractivity contribution is 7.95. The van der Waals surface area contributed by atoms with Crippen LogP contribution in [0.1, 0.15) is 31.2 Å². The maximum absolute atomic E-state index is 12.7. The van der Waals surface area contributed by atoms with Crippen molar-refractivity contribution in [3.63, 3.8) is 0 Å². The molecule has 158 valence electrons. The molecular formula is C21H26N6O2S. The van der Waals surface area contributed by atoms with E-state index < -0.39 is 10.0 Å². The van der Waals surface area contributed by atoms with Crippen molar-refractivity contribution in [2.75, 3.05) is 40.7 Å². The lowest BCUT2D eigenvalue weighted by Gasteiger charge is -2.31. The lowest BCUT2D eigenvalue weighted by molar-refractivity contribution is 0.581. The molecular weight excluding hydrogens is 400 g/mol. The molecule has 2 aromatic rings. The number of rotatable bonds is 4. The first kappa shape index (κ1) is 19.3. The predicted octanol–water partition coefficient (Wildman–Crippen LogP) is 2.69. The Morgan fingerprint density at radius 1 is 1.07 bits per heavy atom. The van der Waals surface area contributed by atoms with Gasteiger partial charge in [0.05, 0.1) is 5.41 Å². The SMILES string of the molecule is O=S1(=O)C=Cc2cnc(Nc3ccc(N4CCNCC4)cc3)nc2N1C1CCCC1. The van der Waals surface area contributed by atoms with Crippen LogP contribution in [-0.4, -0.2) is 50.6 Å². The van der Waals surface area contributed by atoms with Crippen LogP contribution in [0.3, 0.4) is 0 Å². The van der Waals surface area contributed by atoms with Crippen molar-refractivity contribution < 1.29 is 8.42 Å². The molecule has 3 heterocycles. The second-order valence-electron chi connectivity index (χ2n) is 7.96. The molecule has 5 rings (SSSR count). The fourth-order valence-corrected chi connectivity index (χ4v) is 5.87. The zero-order valence-corrected chi connectivity index (χ0v) is 17.6. The molecule has 0 spiro atoms. The topological polar surface area (TPSA) is 90.5 Å². The number of fused-ring (bicyclic) bond motifs is 1. The Bertz CT molecular complexity index is 1040. The number of hydrogen-bond donors (Lipinski definition) is 2. The quantitative estimate of drug-likeness (QED) is 0.777. The molecule has 1 aliphatic carbocycles. The van der Waals surface area contributed by atoms with E-state index in [4.69, 9.17) is 0 Å². The van der Waals surface area contributed by atoms with Crippen molar-refractivity contribution in [3.8, 4) is 0 Å². The maximum Gasteiger partial charge on any atom is 0.258 e. The molecule has 3 aliphatic rings. The number of aromatic nitrogens is 2. The van der Waals surface area contributed by atoms with Gasteiger partial charge in [-0.1, -0.05) is 12.8 Å². The Balaban J connectivity index is 1.39. The molecule has 2 fully saturated rings. The molecule has 0 unspecified atom stereocenters. The number of piperazine rings is 1. The summed E-state index contributed by atoms with van der Waals surface area (Å²) in [6, 6.07) is 8.16. The van der Waals surface area contributed by atoms with Crippen molar-refractivity contribution in [1.82, 2.24) is 15.3 Å². The molecule has 1 aromatic heterocycles. The van der Waals surface area contributed by atoms with Crippen molar-refractivity contribution in [2.45, 2.75) is 31.7 Å². The minimum absolute atomic E-state index is 0.0280. The summed E-state index contributed by atoms with van der Waals surface area (Å²) in [4.78, 5) is 11.3. The lowest BCUT2D eigenvalue weighted by Crippen LogP contribution is -2.43. The molecule has 2 N–H and O–H groups in total. The molecule has 30 heavy (non-hydrogen) atoms. The zero-order chi connectivity index (χ0) is 20.6. The molecule has 0 bridgehead atoms. The first-order valence-corrected chi connectivity index (χ1v) is 12.0. The van der Waals surface area contributed by atoms with E-state index in [1.54, 1.807) is 12.3 Å². The second-order valence-corrected chi connectivity index (χ2v) is 9.66. The van der Waals surface area contributed by atoms with Crippen LogP contribution < -0.4 is 19.8 Å². The summed E-state index contributed by atoms with van der Waals surface area (Å²) in [6.07, 6.45) is 7.10. The van der Waals surface area contributed by atoms with Crippen LogP contribution in [0.15, 0.2) is 35.9 Å². The van der Waals surface area contributed by atoms with Gasteiger partial charge < -0.3 is 15.5 Å². The van der Waals surface area contributed by atoms with Crippen LogP contribution in [0.25, 0.3) is 6.08 Å². The third-order valence-electron chi connectivity index (χ3n) is 5.96. The summed E-state index contributed by atoms with van der Waals surface area (Å²) in [5.41, 5.74) is 2.80. The van der Waals surface area contributed by atoms with Crippen molar-refractivity contribution >= 4 is 39.2 Å². The molecule has 0 amide bonds. The van der Waals surface area contributed by atoms with Crippen molar-refractivity contribution in [3.05, 3.63) is 41.4 Å². The summed E-state index contributed by atoms with van der Waals surface area (Å²) in [6.45, 7) is 4.00. The van der Waals surface area contributed by atoms with Crippen LogP contribution in [0.2, 0.25) is 0 Å². The van der Waals surface area contributed by atoms with Crippen LogP contribution in [-0.2, 0) is 10.0 Å². The third kappa shape index (κ3) is 3.75. The molecule has 1 aromatic carbocycles. The van der Waals surface area contributed by atoms with E-state index in [1.165, 1.54) is 15.4 Å². The average Bonchev–Trinajstić information content (AvgIpc) is 3.28. The van der Waals surface area contributed by atoms with Gasteiger partial charge in [-0.15, -0.1) is 0 Å². The Morgan fingerprint density at radius 3 is 2.53 bits per heavy atom. The van der Waals surface area contributed by atoms with Crippen LogP contribution in [0, 0.1) is 0 Å². The minimum Gasteiger partial charge on any atom is -0.369 e. The van der Waals surface area contributed by atoms with Gasteiger partial charge in [-0.25, -0.2) is 17.7 Å². The van der Waals surface area contributed by atoms with Gasteiger partial charge in [-0.3, -0.25) is 0 Å². The number of benzene rings is 1. The van der Waals surface area contributed by atoms with E-state index in [2.05, 4.69) is 37.6 Å². The molecule has 0 atom stereocenters. The van der Waals surface area contributed by atoms with E-state index in [9.17, 15) is 8.42 Å². The Labute approximate surface area is 177 Å². The van der Waals surface area contributed by atoms with Gasteiger partial charge in [-0.2, -0.15) is 4.98 Å². The van der Waals surface area contributed by atoms with Crippen LogP contribution in [0.4, 0.5) is 23.1 Å². The first-order chi connectivity index (χ1) is 14.6. The highest BCUT2D eigenvalue weighted by Crippen LogP contribution is 2.36. The van der Waals surface area contributed by atoms with Crippen molar-refractivity contribution in [1.29, 1.82) is 0 Å². The highest BCUT2D eigenvalue weighted by atomic mass is 32.2. The van der Waals surface area contributed by atoms with Gasteiger partial charge in [-0.05, 0) is 43.2 Å². The fraction of sp³-hybridized carbons (Fsp3) is 0.429. The summed E-state index contributed by atoms with van der Waals surface area (Å²) in [7, 11) is -3.50. The van der Waals surface area contributed by atoms with Gasteiger partial charge in [0.25, 0.3) is 10.0 Å². The van der Waals surface area contributed by atoms with Gasteiger partial charge in [0.1, 0.15) is 0 Å². The fourth-order valence-electron chi connectivity index (χ4n) is 4.41. The van der Waals surface area contributed by atoms with Crippen molar-refractivity contribution in [2.24, 2.45) is 0 Å². The number of nitrogens with zero attached hydrogens (tertiary/aromatic N) is 4. The zero-order valence-electron chi connectivity index (χ0n) is 16.8. The van der Waals surface area contributed by atoms with Crippen LogP contribution >= 0.6 is 0 Å². The smallest absolute Gasteiger partial charge is 0.258 e. The van der Waals surface area contributed by atoms with Crippen LogP contribution in [0.5, 0.6) is 0 Å². The molecule has 2 aliphatic heterocycles. The van der Waals surface area contributed by atoms with E-state index in [0.717, 1.165) is 63.1 Å². The first-order valence-electron chi connectivity index (χ1n) is 10.5. The lowest BCUT2D eigenvalue weighted by atomic mass is 10.2. The minimum atomic E-state index is -3.50. The molecule has 9 heteroatoms. The number of sulfonamides is 1. The van der Waals surface area contributed by atoms with Gasteiger partial charge in [0.15, 0.2) is 5.82 Å². The van der Waals surface area contributed by atoms with E-state index in [-0.39, 0.29) is 6.04 Å². The molecule has 0 radical (unpaired) electrons. The van der Waals surface area contributed by atoms with Gasteiger partial charge in [0.2, 0.25) is 5.95 Å². The summed E-state index contributed by atoms with van der Waals surface area (Å²) < 4.78 is 27.0. The summed E-state index contributed by atoms with van der Waals surface area (Å²) in [5, 5.41) is 7.85. The molecule has 8 nitrogen and oxygen atoms in total. The normalized spacial score (nSPS) is 20.9. The summed E-state index contributed by atoms with van der Waals surface area (Å²) in [5.74, 6) is 0.872. The van der Waals surface area contributed by atoms with E-state index >= 15 is 0 Å². The number of nitrogens with one attached hydrogen (secondary N) is 2. The van der Waals surface area contributed by atoms with E-state index in [1.807, 2.05) is 12.1 Å².